The van der Waals surface area contributed by atoms with Crippen molar-refractivity contribution in [3.8, 4) is 44.5 Å². The average molecular weight is 640 g/mol. The van der Waals surface area contributed by atoms with Crippen molar-refractivity contribution in [2.75, 3.05) is 4.90 Å². The zero-order valence-electron chi connectivity index (χ0n) is 28.3. The van der Waals surface area contributed by atoms with Crippen molar-refractivity contribution < 1.29 is 0 Å². The van der Waals surface area contributed by atoms with Gasteiger partial charge in [-0.25, -0.2) is 0 Å². The minimum absolute atomic E-state index is 0.182. The van der Waals surface area contributed by atoms with Crippen molar-refractivity contribution in [2.24, 2.45) is 0 Å². The number of hydrogen-bond donors (Lipinski definition) is 0. The van der Waals surface area contributed by atoms with Crippen molar-refractivity contribution in [2.45, 2.75) is 19.3 Å². The number of para-hydroxylation sites is 1. The number of anilines is 3. The van der Waals surface area contributed by atoms with E-state index in [0.717, 1.165) is 11.4 Å². The Bertz CT molecular complexity index is 2480. The number of hydrogen-bond acceptors (Lipinski definition) is 1. The first-order chi connectivity index (χ1) is 24.6. The predicted octanol–water partition coefficient (Wildman–Crippen LogP) is 13.6. The van der Waals surface area contributed by atoms with Gasteiger partial charge in [0.25, 0.3) is 0 Å². The molecule has 0 unspecified atom stereocenters. The largest absolute Gasteiger partial charge is 0.310 e. The first-order valence-corrected chi connectivity index (χ1v) is 17.4. The van der Waals surface area contributed by atoms with E-state index in [-0.39, 0.29) is 5.41 Å². The second-order valence-electron chi connectivity index (χ2n) is 13.8. The van der Waals surface area contributed by atoms with Gasteiger partial charge in [0.2, 0.25) is 0 Å². The molecule has 0 fully saturated rings. The van der Waals surface area contributed by atoms with Gasteiger partial charge in [-0.3, -0.25) is 0 Å². The molecule has 238 valence electrons. The number of nitrogens with zero attached hydrogens (tertiary/aromatic N) is 1. The Labute approximate surface area is 294 Å². The minimum atomic E-state index is -0.182. The fourth-order valence-corrected chi connectivity index (χ4v) is 7.90. The Hall–Kier alpha value is -6.18. The maximum atomic E-state index is 2.47. The molecule has 0 bridgehead atoms. The van der Waals surface area contributed by atoms with Gasteiger partial charge in [-0.2, -0.15) is 0 Å². The van der Waals surface area contributed by atoms with Crippen LogP contribution in [0.4, 0.5) is 17.1 Å². The highest BCUT2D eigenvalue weighted by Gasteiger charge is 2.38. The second kappa shape index (κ2) is 12.1. The van der Waals surface area contributed by atoms with Crippen LogP contribution in [0.2, 0.25) is 0 Å². The molecular formula is C49H37N. The Morgan fingerprint density at radius 3 is 1.62 bits per heavy atom. The van der Waals surface area contributed by atoms with Crippen molar-refractivity contribution in [3.05, 3.63) is 199 Å². The van der Waals surface area contributed by atoms with Gasteiger partial charge in [-0.15, -0.1) is 0 Å². The normalized spacial score (nSPS) is 12.8. The Balaban J connectivity index is 1.28. The molecule has 1 aliphatic carbocycles. The van der Waals surface area contributed by atoms with Crippen molar-refractivity contribution in [1.29, 1.82) is 0 Å². The number of fused-ring (bicyclic) bond motifs is 4. The van der Waals surface area contributed by atoms with E-state index in [1.165, 1.54) is 72.1 Å². The molecule has 0 saturated carbocycles. The Morgan fingerprint density at radius 2 is 0.940 bits per heavy atom. The highest BCUT2D eigenvalue weighted by molar-refractivity contribution is 6.00. The van der Waals surface area contributed by atoms with Crippen LogP contribution < -0.4 is 4.90 Å². The smallest absolute Gasteiger partial charge is 0.0543 e. The van der Waals surface area contributed by atoms with E-state index in [1.54, 1.807) is 0 Å². The molecule has 1 nitrogen and oxygen atoms in total. The van der Waals surface area contributed by atoms with E-state index < -0.39 is 0 Å². The molecule has 0 spiro atoms. The summed E-state index contributed by atoms with van der Waals surface area (Å²) < 4.78 is 0. The highest BCUT2D eigenvalue weighted by Crippen LogP contribution is 2.55. The third-order valence-corrected chi connectivity index (χ3v) is 10.4. The quantitative estimate of drug-likeness (QED) is 0.175. The van der Waals surface area contributed by atoms with Gasteiger partial charge in [0, 0.05) is 22.4 Å². The van der Waals surface area contributed by atoms with E-state index in [9.17, 15) is 0 Å². The van der Waals surface area contributed by atoms with Gasteiger partial charge in [0.1, 0.15) is 0 Å². The van der Waals surface area contributed by atoms with Crippen LogP contribution in [-0.2, 0) is 5.41 Å². The molecule has 1 heteroatoms. The zero-order valence-corrected chi connectivity index (χ0v) is 28.3. The standard InChI is InChI=1S/C49H37N/c1-49(2)45-25-15-24-42(35-18-9-4-10-19-35)48(45)44-32-43(36-20-11-5-12-21-36)47(33-46(44)49)50(40-22-13-6-14-23-40)41-29-28-38-30-37(26-27-39(38)31-41)34-16-7-3-8-17-34/h3-33H,1-2H3. The molecule has 1 aliphatic rings. The van der Waals surface area contributed by atoms with Crippen LogP contribution in [0.25, 0.3) is 55.3 Å². The first kappa shape index (κ1) is 29.9. The molecule has 8 aromatic rings. The summed E-state index contributed by atoms with van der Waals surface area (Å²) in [6.07, 6.45) is 0. The van der Waals surface area contributed by atoms with Gasteiger partial charge in [-0.1, -0.05) is 159 Å². The van der Waals surface area contributed by atoms with Gasteiger partial charge >= 0.3 is 0 Å². The molecule has 0 aliphatic heterocycles. The summed E-state index contributed by atoms with van der Waals surface area (Å²) in [6.45, 7) is 4.76. The summed E-state index contributed by atoms with van der Waals surface area (Å²) in [7, 11) is 0. The Morgan fingerprint density at radius 1 is 0.360 bits per heavy atom. The van der Waals surface area contributed by atoms with E-state index in [0.29, 0.717) is 0 Å². The maximum absolute atomic E-state index is 2.47. The number of benzene rings is 8. The average Bonchev–Trinajstić information content (AvgIpc) is 3.41. The van der Waals surface area contributed by atoms with Gasteiger partial charge in [0.15, 0.2) is 0 Å². The molecule has 0 aromatic heterocycles. The van der Waals surface area contributed by atoms with Crippen molar-refractivity contribution in [1.82, 2.24) is 0 Å². The molecule has 0 heterocycles. The van der Waals surface area contributed by atoms with Crippen LogP contribution in [0.15, 0.2) is 188 Å². The third-order valence-electron chi connectivity index (χ3n) is 10.4. The SMILES string of the molecule is CC1(C)c2cc(N(c3ccccc3)c3ccc4cc(-c5ccccc5)ccc4c3)c(-c3ccccc3)cc2-c2c(-c3ccccc3)cccc21. The zero-order chi connectivity index (χ0) is 33.7. The van der Waals surface area contributed by atoms with Crippen LogP contribution in [-0.4, -0.2) is 0 Å². The molecule has 0 N–H and O–H groups in total. The molecule has 9 rings (SSSR count). The van der Waals surface area contributed by atoms with Crippen molar-refractivity contribution >= 4 is 27.8 Å². The maximum Gasteiger partial charge on any atom is 0.0543 e. The van der Waals surface area contributed by atoms with Crippen LogP contribution in [0.1, 0.15) is 25.0 Å². The minimum Gasteiger partial charge on any atom is -0.310 e. The van der Waals surface area contributed by atoms with Crippen LogP contribution in [0.5, 0.6) is 0 Å². The summed E-state index contributed by atoms with van der Waals surface area (Å²) in [5.74, 6) is 0. The molecule has 0 atom stereocenters. The summed E-state index contributed by atoms with van der Waals surface area (Å²) in [5, 5.41) is 2.44. The molecule has 0 radical (unpaired) electrons. The van der Waals surface area contributed by atoms with Gasteiger partial charge in [0.05, 0.1) is 5.69 Å². The third kappa shape index (κ3) is 5.02. The second-order valence-corrected chi connectivity index (χ2v) is 13.8. The lowest BCUT2D eigenvalue weighted by Crippen LogP contribution is -2.17. The molecule has 50 heavy (non-hydrogen) atoms. The van der Waals surface area contributed by atoms with E-state index in [2.05, 4.69) is 207 Å². The number of rotatable bonds is 6. The fourth-order valence-electron chi connectivity index (χ4n) is 7.90. The van der Waals surface area contributed by atoms with Crippen molar-refractivity contribution in [3.63, 3.8) is 0 Å². The molecule has 0 saturated heterocycles. The van der Waals surface area contributed by atoms with Crippen LogP contribution in [0, 0.1) is 0 Å². The van der Waals surface area contributed by atoms with E-state index >= 15 is 0 Å². The first-order valence-electron chi connectivity index (χ1n) is 17.4. The lowest BCUT2D eigenvalue weighted by molar-refractivity contribution is 0.660. The summed E-state index contributed by atoms with van der Waals surface area (Å²) in [4.78, 5) is 2.45. The summed E-state index contributed by atoms with van der Waals surface area (Å²) in [6, 6.07) is 68.6. The van der Waals surface area contributed by atoms with Gasteiger partial charge in [-0.05, 0) is 103 Å². The lowest BCUT2D eigenvalue weighted by atomic mass is 9.81. The van der Waals surface area contributed by atoms with Crippen LogP contribution in [0.3, 0.4) is 0 Å². The monoisotopic (exact) mass is 639 g/mol. The molecular weight excluding hydrogens is 603 g/mol. The summed E-state index contributed by atoms with van der Waals surface area (Å²) >= 11 is 0. The van der Waals surface area contributed by atoms with Crippen LogP contribution >= 0.6 is 0 Å². The van der Waals surface area contributed by atoms with Gasteiger partial charge < -0.3 is 4.90 Å². The van der Waals surface area contributed by atoms with E-state index in [4.69, 9.17) is 0 Å². The lowest BCUT2D eigenvalue weighted by Gasteiger charge is -2.30. The molecule has 8 aromatic carbocycles. The highest BCUT2D eigenvalue weighted by atomic mass is 15.1. The van der Waals surface area contributed by atoms with E-state index in [1.807, 2.05) is 0 Å². The topological polar surface area (TPSA) is 3.24 Å². The predicted molar refractivity (Wildman–Crippen MR) is 213 cm³/mol. The Kier molecular flexibility index (Phi) is 7.21. The summed E-state index contributed by atoms with van der Waals surface area (Å²) in [5.41, 5.74) is 16.0. The molecule has 0 amide bonds. The fraction of sp³-hybridized carbons (Fsp3) is 0.0612.